The number of phenols is 4. The molecule has 6 N–H and O–H groups in total. The summed E-state index contributed by atoms with van der Waals surface area (Å²) in [6, 6.07) is 4.20. The maximum atomic E-state index is 12.6. The fourth-order valence-electron chi connectivity index (χ4n) is 3.60. The summed E-state index contributed by atoms with van der Waals surface area (Å²) < 4.78 is 15.9. The van der Waals surface area contributed by atoms with Crippen LogP contribution in [0.5, 0.6) is 28.7 Å². The van der Waals surface area contributed by atoms with E-state index in [1.165, 1.54) is 0 Å². The largest absolute Gasteiger partial charge is 0.508 e. The zero-order chi connectivity index (χ0) is 21.3. The van der Waals surface area contributed by atoms with E-state index in [0.29, 0.717) is 0 Å². The second-order valence-electron chi connectivity index (χ2n) is 6.65. The van der Waals surface area contributed by atoms with Gasteiger partial charge < -0.3 is 44.2 Å². The monoisotopic (exact) mass is 412 g/mol. The van der Waals surface area contributed by atoms with Crippen molar-refractivity contribution in [2.75, 3.05) is 0 Å². The molecule has 10 nitrogen and oxygen atoms in total. The van der Waals surface area contributed by atoms with Gasteiger partial charge in [0, 0.05) is 29.8 Å². The normalized spacial score (nSPS) is 16.1. The van der Waals surface area contributed by atoms with E-state index >= 15 is 0 Å². The third-order valence-electron chi connectivity index (χ3n) is 4.82. The summed E-state index contributed by atoms with van der Waals surface area (Å²) in [5.74, 6) is -2.42. The number of aromatic hydroxyl groups is 4. The van der Waals surface area contributed by atoms with Crippen molar-refractivity contribution >= 4 is 33.3 Å². The van der Waals surface area contributed by atoms with Gasteiger partial charge in [-0.2, -0.15) is 0 Å². The van der Waals surface area contributed by atoms with E-state index in [1.54, 1.807) is 0 Å². The molecule has 0 aliphatic carbocycles. The van der Waals surface area contributed by atoms with Gasteiger partial charge in [0.2, 0.25) is 6.29 Å². The Hall–Kier alpha value is -4.31. The number of benzene rings is 2. The highest BCUT2D eigenvalue weighted by Crippen LogP contribution is 2.46. The molecule has 10 heteroatoms. The SMILES string of the molecule is O=c1oc2cc(O)cc(O)c2c2occ(C3=C(O)c4c(O)cc(O)cc4OC3O)c12. The van der Waals surface area contributed by atoms with Crippen molar-refractivity contribution in [1.29, 1.82) is 0 Å². The van der Waals surface area contributed by atoms with Crippen LogP contribution >= 0.6 is 0 Å². The Morgan fingerprint density at radius 2 is 1.57 bits per heavy atom. The number of hydrogen-bond donors (Lipinski definition) is 6. The molecule has 0 saturated heterocycles. The van der Waals surface area contributed by atoms with Gasteiger partial charge in [-0.1, -0.05) is 0 Å². The molecule has 0 amide bonds. The number of rotatable bonds is 1. The number of fused-ring (bicyclic) bond motifs is 4. The number of furan rings is 1. The lowest BCUT2D eigenvalue weighted by Gasteiger charge is -2.25. The standard InChI is InChI=1S/C20H12O10/c21-6-1-9(23)15-11(3-6)29-19(26)13(17(15)25)8-5-28-18-14(8)20(27)30-12-4-7(22)2-10(24)16(12)18/h1-5,19,21-26H. The maximum Gasteiger partial charge on any atom is 0.348 e. The predicted molar refractivity (Wildman–Crippen MR) is 101 cm³/mol. The van der Waals surface area contributed by atoms with Crippen molar-refractivity contribution in [3.8, 4) is 28.7 Å². The lowest BCUT2D eigenvalue weighted by molar-refractivity contribution is 0.0295. The van der Waals surface area contributed by atoms with Crippen molar-refractivity contribution in [3.05, 3.63) is 52.1 Å². The summed E-state index contributed by atoms with van der Waals surface area (Å²) in [4.78, 5) is 12.6. The Morgan fingerprint density at radius 3 is 2.33 bits per heavy atom. The Bertz CT molecular complexity index is 1460. The summed E-state index contributed by atoms with van der Waals surface area (Å²) in [6.07, 6.45) is -0.739. The van der Waals surface area contributed by atoms with Crippen LogP contribution in [0.15, 0.2) is 44.2 Å². The van der Waals surface area contributed by atoms with Crippen LogP contribution in [-0.4, -0.2) is 36.9 Å². The van der Waals surface area contributed by atoms with Gasteiger partial charge >= 0.3 is 5.63 Å². The minimum atomic E-state index is -1.79. The molecule has 0 saturated carbocycles. The molecule has 4 aromatic rings. The van der Waals surface area contributed by atoms with Crippen molar-refractivity contribution in [3.63, 3.8) is 0 Å². The first-order valence-electron chi connectivity index (χ1n) is 8.51. The summed E-state index contributed by atoms with van der Waals surface area (Å²) in [7, 11) is 0. The first kappa shape index (κ1) is 17.8. The highest BCUT2D eigenvalue weighted by Gasteiger charge is 2.34. The lowest BCUT2D eigenvalue weighted by Crippen LogP contribution is -2.23. The smallest absolute Gasteiger partial charge is 0.348 e. The molecule has 0 bridgehead atoms. The van der Waals surface area contributed by atoms with Gasteiger partial charge in [-0.05, 0) is 0 Å². The number of ether oxygens (including phenoxy) is 1. The van der Waals surface area contributed by atoms with E-state index in [9.17, 15) is 35.4 Å². The quantitative estimate of drug-likeness (QED) is 0.255. The number of aliphatic hydroxyl groups excluding tert-OH is 2. The Morgan fingerprint density at radius 1 is 0.867 bits per heavy atom. The first-order valence-corrected chi connectivity index (χ1v) is 8.51. The molecule has 0 radical (unpaired) electrons. The summed E-state index contributed by atoms with van der Waals surface area (Å²) in [5, 5.41) is 60.4. The molecule has 152 valence electrons. The topological polar surface area (TPSA) is 174 Å². The second-order valence-corrected chi connectivity index (χ2v) is 6.65. The highest BCUT2D eigenvalue weighted by atomic mass is 16.6. The molecule has 1 unspecified atom stereocenters. The minimum Gasteiger partial charge on any atom is -0.508 e. The van der Waals surface area contributed by atoms with Crippen LogP contribution in [0, 0.1) is 0 Å². The molecule has 2 aromatic carbocycles. The van der Waals surface area contributed by atoms with Gasteiger partial charge in [0.15, 0.2) is 5.58 Å². The van der Waals surface area contributed by atoms with Crippen LogP contribution in [0.2, 0.25) is 0 Å². The van der Waals surface area contributed by atoms with Crippen LogP contribution in [0.25, 0.3) is 33.3 Å². The summed E-state index contributed by atoms with van der Waals surface area (Å²) in [6.45, 7) is 0. The van der Waals surface area contributed by atoms with E-state index < -0.39 is 29.2 Å². The molecule has 5 rings (SSSR count). The molecule has 1 aliphatic rings. The lowest BCUT2D eigenvalue weighted by atomic mass is 9.96. The number of hydrogen-bond acceptors (Lipinski definition) is 10. The molecular formula is C20H12O10. The van der Waals surface area contributed by atoms with E-state index in [-0.39, 0.29) is 55.9 Å². The van der Waals surface area contributed by atoms with Crippen molar-refractivity contribution in [2.45, 2.75) is 6.29 Å². The average Bonchev–Trinajstić information content (AvgIpc) is 3.05. The third kappa shape index (κ3) is 2.31. The van der Waals surface area contributed by atoms with Crippen molar-refractivity contribution < 1.29 is 44.2 Å². The summed E-state index contributed by atoms with van der Waals surface area (Å²) in [5.41, 5.74) is -1.78. The third-order valence-corrected chi connectivity index (χ3v) is 4.82. The van der Waals surface area contributed by atoms with Gasteiger partial charge in [0.25, 0.3) is 0 Å². The predicted octanol–water partition coefficient (Wildman–Crippen LogP) is 2.50. The van der Waals surface area contributed by atoms with Gasteiger partial charge in [-0.15, -0.1) is 0 Å². The Balaban J connectivity index is 1.86. The molecular weight excluding hydrogens is 400 g/mol. The minimum absolute atomic E-state index is 0.00636. The zero-order valence-electron chi connectivity index (χ0n) is 14.8. The summed E-state index contributed by atoms with van der Waals surface area (Å²) >= 11 is 0. The van der Waals surface area contributed by atoms with Crippen LogP contribution in [-0.2, 0) is 0 Å². The van der Waals surface area contributed by atoms with Crippen LogP contribution in [0.1, 0.15) is 11.1 Å². The fraction of sp³-hybridized carbons (Fsp3) is 0.0500. The van der Waals surface area contributed by atoms with E-state index in [0.717, 1.165) is 30.5 Å². The molecule has 2 aromatic heterocycles. The number of phenolic OH excluding ortho intramolecular Hbond substituents is 4. The van der Waals surface area contributed by atoms with Crippen molar-refractivity contribution in [1.82, 2.24) is 0 Å². The molecule has 0 fully saturated rings. The second kappa shape index (κ2) is 5.84. The highest BCUT2D eigenvalue weighted by molar-refractivity contribution is 6.10. The van der Waals surface area contributed by atoms with Gasteiger partial charge in [-0.25, -0.2) is 4.79 Å². The molecule has 0 spiro atoms. The van der Waals surface area contributed by atoms with E-state index in [1.807, 2.05) is 0 Å². The van der Waals surface area contributed by atoms with Crippen molar-refractivity contribution in [2.24, 2.45) is 0 Å². The van der Waals surface area contributed by atoms with Gasteiger partial charge in [-0.3, -0.25) is 0 Å². The van der Waals surface area contributed by atoms with Gasteiger partial charge in [0.1, 0.15) is 56.4 Å². The van der Waals surface area contributed by atoms with Gasteiger partial charge in [0.05, 0.1) is 11.8 Å². The van der Waals surface area contributed by atoms with Crippen LogP contribution < -0.4 is 10.4 Å². The Labute approximate surface area is 165 Å². The molecule has 30 heavy (non-hydrogen) atoms. The molecule has 1 aliphatic heterocycles. The first-order chi connectivity index (χ1) is 14.3. The number of aliphatic hydroxyl groups is 2. The van der Waals surface area contributed by atoms with E-state index in [2.05, 4.69) is 0 Å². The zero-order valence-corrected chi connectivity index (χ0v) is 14.8. The van der Waals surface area contributed by atoms with Crippen LogP contribution in [0.3, 0.4) is 0 Å². The van der Waals surface area contributed by atoms with Crippen LogP contribution in [0.4, 0.5) is 0 Å². The van der Waals surface area contributed by atoms with E-state index in [4.69, 9.17) is 13.6 Å². The molecule has 1 atom stereocenters. The average molecular weight is 412 g/mol. The maximum absolute atomic E-state index is 12.6. The fourth-order valence-corrected chi connectivity index (χ4v) is 3.60. The Kier molecular flexibility index (Phi) is 3.46. The molecule has 3 heterocycles.